The molecular weight excluding hydrogens is 308 g/mol. The molecule has 0 N–H and O–H groups in total. The molecule has 122 valence electrons. The molecule has 4 aromatic carbocycles. The molecule has 4 rings (SSSR count). The lowest BCUT2D eigenvalue weighted by Crippen LogP contribution is -1.96. The number of Topliss-reactive ketones (excluding diaryl/α,β-unsaturated/α-hetero) is 1. The van der Waals surface area contributed by atoms with Crippen molar-refractivity contribution in [1.82, 2.24) is 0 Å². The maximum Gasteiger partial charge on any atom is 0.159 e. The van der Waals surface area contributed by atoms with Gasteiger partial charge >= 0.3 is 0 Å². The average Bonchev–Trinajstić information content (AvgIpc) is 2.65. The van der Waals surface area contributed by atoms with Crippen LogP contribution in [0.4, 0.5) is 0 Å². The van der Waals surface area contributed by atoms with E-state index in [4.69, 9.17) is 4.74 Å². The third-order valence-electron chi connectivity index (χ3n) is 4.44. The van der Waals surface area contributed by atoms with Crippen molar-refractivity contribution in [2.75, 3.05) is 0 Å². The number of benzene rings is 4. The van der Waals surface area contributed by atoms with E-state index in [1.807, 2.05) is 48.5 Å². The Morgan fingerprint density at radius 2 is 1.44 bits per heavy atom. The third-order valence-corrected chi connectivity index (χ3v) is 4.44. The van der Waals surface area contributed by atoms with Gasteiger partial charge in [0.1, 0.15) is 12.4 Å². The number of hydrogen-bond acceptors (Lipinski definition) is 2. The monoisotopic (exact) mass is 326 g/mol. The number of carbonyl (C=O) groups is 1. The first kappa shape index (κ1) is 15.4. The quantitative estimate of drug-likeness (QED) is 0.445. The van der Waals surface area contributed by atoms with Gasteiger partial charge in [-0.1, -0.05) is 54.6 Å². The van der Waals surface area contributed by atoms with Gasteiger partial charge in [-0.25, -0.2) is 0 Å². The number of fused-ring (bicyclic) bond motifs is 2. The van der Waals surface area contributed by atoms with Gasteiger partial charge in [0.25, 0.3) is 0 Å². The number of carbonyl (C=O) groups excluding carboxylic acids is 1. The molecule has 0 saturated heterocycles. The molecule has 0 aliphatic heterocycles. The second-order valence-corrected chi connectivity index (χ2v) is 6.25. The zero-order valence-electron chi connectivity index (χ0n) is 14.0. The maximum absolute atomic E-state index is 11.5. The van der Waals surface area contributed by atoms with E-state index in [1.165, 1.54) is 10.8 Å². The normalized spacial score (nSPS) is 10.9. The van der Waals surface area contributed by atoms with Crippen LogP contribution >= 0.6 is 0 Å². The second-order valence-electron chi connectivity index (χ2n) is 6.25. The summed E-state index contributed by atoms with van der Waals surface area (Å²) in [5.74, 6) is 0.912. The van der Waals surface area contributed by atoms with Crippen molar-refractivity contribution in [3.05, 3.63) is 90.0 Å². The van der Waals surface area contributed by atoms with E-state index >= 15 is 0 Å². The lowest BCUT2D eigenvalue weighted by molar-refractivity contribution is 0.101. The molecule has 0 spiro atoms. The largest absolute Gasteiger partial charge is 0.489 e. The van der Waals surface area contributed by atoms with Gasteiger partial charge in [0.15, 0.2) is 5.78 Å². The number of hydrogen-bond donors (Lipinski definition) is 0. The van der Waals surface area contributed by atoms with Gasteiger partial charge < -0.3 is 4.74 Å². The SMILES string of the molecule is CC(=O)c1ccc2cc(OCc3ccc4ccccc4c3)ccc2c1. The summed E-state index contributed by atoms with van der Waals surface area (Å²) >= 11 is 0. The molecule has 0 aliphatic rings. The van der Waals surface area contributed by atoms with E-state index in [2.05, 4.69) is 30.3 Å². The van der Waals surface area contributed by atoms with E-state index in [1.54, 1.807) is 6.92 Å². The first-order chi connectivity index (χ1) is 12.2. The van der Waals surface area contributed by atoms with Crippen molar-refractivity contribution >= 4 is 27.3 Å². The highest BCUT2D eigenvalue weighted by Gasteiger charge is 2.03. The van der Waals surface area contributed by atoms with Gasteiger partial charge in [-0.2, -0.15) is 0 Å². The standard InChI is InChI=1S/C23H18O2/c1-16(24)19-8-9-22-14-23(11-10-21(22)13-19)25-15-17-6-7-18-4-2-3-5-20(18)12-17/h2-14H,15H2,1H3. The van der Waals surface area contributed by atoms with Crippen LogP contribution in [0.1, 0.15) is 22.8 Å². The smallest absolute Gasteiger partial charge is 0.159 e. The Bertz CT molecular complexity index is 1080. The Morgan fingerprint density at radius 3 is 2.28 bits per heavy atom. The molecule has 0 fully saturated rings. The molecule has 25 heavy (non-hydrogen) atoms. The van der Waals surface area contributed by atoms with Gasteiger partial charge in [-0.15, -0.1) is 0 Å². The molecule has 0 aromatic heterocycles. The zero-order valence-corrected chi connectivity index (χ0v) is 14.0. The molecule has 4 aromatic rings. The summed E-state index contributed by atoms with van der Waals surface area (Å²) in [5.41, 5.74) is 1.88. The van der Waals surface area contributed by atoms with Crippen LogP contribution in [0.15, 0.2) is 78.9 Å². The van der Waals surface area contributed by atoms with Crippen LogP contribution in [0, 0.1) is 0 Å². The fourth-order valence-electron chi connectivity index (χ4n) is 3.03. The summed E-state index contributed by atoms with van der Waals surface area (Å²) in [6.07, 6.45) is 0. The molecular formula is C23H18O2. The fourth-order valence-corrected chi connectivity index (χ4v) is 3.03. The van der Waals surface area contributed by atoms with Gasteiger partial charge in [-0.05, 0) is 58.3 Å². The van der Waals surface area contributed by atoms with Crippen LogP contribution in [0.25, 0.3) is 21.5 Å². The number of ether oxygens (including phenoxy) is 1. The fraction of sp³-hybridized carbons (Fsp3) is 0.0870. The van der Waals surface area contributed by atoms with Crippen molar-refractivity contribution < 1.29 is 9.53 Å². The first-order valence-corrected chi connectivity index (χ1v) is 8.34. The van der Waals surface area contributed by atoms with Crippen LogP contribution in [0.3, 0.4) is 0 Å². The number of rotatable bonds is 4. The van der Waals surface area contributed by atoms with E-state index in [9.17, 15) is 4.79 Å². The Balaban J connectivity index is 1.55. The first-order valence-electron chi connectivity index (χ1n) is 8.34. The van der Waals surface area contributed by atoms with Gasteiger partial charge in [0, 0.05) is 5.56 Å². The van der Waals surface area contributed by atoms with E-state index < -0.39 is 0 Å². The molecule has 0 atom stereocenters. The lowest BCUT2D eigenvalue weighted by Gasteiger charge is -2.09. The van der Waals surface area contributed by atoms with E-state index in [0.717, 1.165) is 27.6 Å². The van der Waals surface area contributed by atoms with Gasteiger partial charge in [0.2, 0.25) is 0 Å². The average molecular weight is 326 g/mol. The summed E-state index contributed by atoms with van der Waals surface area (Å²) < 4.78 is 5.96. The van der Waals surface area contributed by atoms with Crippen molar-refractivity contribution in [3.8, 4) is 5.75 Å². The highest BCUT2D eigenvalue weighted by Crippen LogP contribution is 2.24. The molecule has 0 radical (unpaired) electrons. The second kappa shape index (κ2) is 6.40. The van der Waals surface area contributed by atoms with Crippen molar-refractivity contribution in [1.29, 1.82) is 0 Å². The molecule has 0 saturated carbocycles. The summed E-state index contributed by atoms with van der Waals surface area (Å²) in [7, 11) is 0. The van der Waals surface area contributed by atoms with Crippen LogP contribution in [-0.2, 0) is 6.61 Å². The molecule has 0 heterocycles. The van der Waals surface area contributed by atoms with Crippen molar-refractivity contribution in [2.45, 2.75) is 13.5 Å². The Hall–Kier alpha value is -3.13. The molecule has 0 bridgehead atoms. The van der Waals surface area contributed by atoms with Crippen LogP contribution < -0.4 is 4.74 Å². The minimum absolute atomic E-state index is 0.0820. The van der Waals surface area contributed by atoms with Gasteiger partial charge in [-0.3, -0.25) is 4.79 Å². The number of ketones is 1. The van der Waals surface area contributed by atoms with Crippen LogP contribution in [0.2, 0.25) is 0 Å². The summed E-state index contributed by atoms with van der Waals surface area (Å²) in [4.78, 5) is 11.5. The van der Waals surface area contributed by atoms with E-state index in [0.29, 0.717) is 6.61 Å². The van der Waals surface area contributed by atoms with Crippen molar-refractivity contribution in [3.63, 3.8) is 0 Å². The molecule has 0 unspecified atom stereocenters. The zero-order chi connectivity index (χ0) is 17.2. The van der Waals surface area contributed by atoms with Crippen LogP contribution in [0.5, 0.6) is 5.75 Å². The highest BCUT2D eigenvalue weighted by atomic mass is 16.5. The lowest BCUT2D eigenvalue weighted by atomic mass is 10.0. The highest BCUT2D eigenvalue weighted by molar-refractivity contribution is 5.98. The molecule has 0 aliphatic carbocycles. The molecule has 2 heteroatoms. The topological polar surface area (TPSA) is 26.3 Å². The predicted octanol–water partition coefficient (Wildman–Crippen LogP) is 5.77. The predicted molar refractivity (Wildman–Crippen MR) is 102 cm³/mol. The Labute approximate surface area is 146 Å². The van der Waals surface area contributed by atoms with E-state index in [-0.39, 0.29) is 5.78 Å². The minimum atomic E-state index is 0.0820. The Morgan fingerprint density at radius 1 is 0.760 bits per heavy atom. The summed E-state index contributed by atoms with van der Waals surface area (Å²) in [6.45, 7) is 2.12. The third kappa shape index (κ3) is 3.24. The molecule has 0 amide bonds. The minimum Gasteiger partial charge on any atom is -0.489 e. The maximum atomic E-state index is 11.5. The summed E-state index contributed by atoms with van der Waals surface area (Å²) in [5, 5.41) is 4.57. The van der Waals surface area contributed by atoms with Crippen molar-refractivity contribution in [2.24, 2.45) is 0 Å². The van der Waals surface area contributed by atoms with Crippen LogP contribution in [-0.4, -0.2) is 5.78 Å². The summed E-state index contributed by atoms with van der Waals surface area (Å²) in [6, 6.07) is 26.4. The Kier molecular flexibility index (Phi) is 3.95. The van der Waals surface area contributed by atoms with Gasteiger partial charge in [0.05, 0.1) is 0 Å². The molecule has 2 nitrogen and oxygen atoms in total.